The fourth-order valence-electron chi connectivity index (χ4n) is 2.08. The fraction of sp³-hybridized carbons (Fsp3) is 0.357. The number of carbonyl (C=O) groups excluding carboxylic acids is 1. The number of amides is 1. The van der Waals surface area contributed by atoms with Crippen molar-refractivity contribution in [2.75, 3.05) is 5.32 Å². The quantitative estimate of drug-likeness (QED) is 0.916. The molecule has 0 aliphatic carbocycles. The first-order valence-corrected chi connectivity index (χ1v) is 6.30. The number of hydrogen-bond acceptors (Lipinski definition) is 3. The maximum absolute atomic E-state index is 11.9. The lowest BCUT2D eigenvalue weighted by Crippen LogP contribution is -2.19. The first kappa shape index (κ1) is 13.3. The molecule has 0 aliphatic heterocycles. The Hall–Kier alpha value is -2.17. The Bertz CT molecular complexity index is 562. The van der Waals surface area contributed by atoms with Gasteiger partial charge in [0.2, 0.25) is 5.91 Å². The Balaban J connectivity index is 1.97. The average molecular weight is 258 g/mol. The summed E-state index contributed by atoms with van der Waals surface area (Å²) in [5.41, 5.74) is 2.03. The van der Waals surface area contributed by atoms with Crippen molar-refractivity contribution >= 4 is 11.7 Å². The maximum atomic E-state index is 11.9. The number of carbonyl (C=O) groups is 1. The Morgan fingerprint density at radius 1 is 1.42 bits per heavy atom. The van der Waals surface area contributed by atoms with E-state index in [1.54, 1.807) is 12.3 Å². The van der Waals surface area contributed by atoms with E-state index in [0.29, 0.717) is 12.2 Å². The molecule has 0 fully saturated rings. The van der Waals surface area contributed by atoms with Crippen LogP contribution in [0.3, 0.4) is 0 Å². The van der Waals surface area contributed by atoms with Crippen LogP contribution in [0, 0.1) is 13.8 Å². The van der Waals surface area contributed by atoms with Gasteiger partial charge in [-0.2, -0.15) is 5.10 Å². The first-order chi connectivity index (χ1) is 9.06. The topological polar surface area (TPSA) is 59.8 Å². The number of hydrogen-bond donors (Lipinski definition) is 1. The maximum Gasteiger partial charge on any atom is 0.227 e. The van der Waals surface area contributed by atoms with E-state index >= 15 is 0 Å². The van der Waals surface area contributed by atoms with Crippen LogP contribution in [0.25, 0.3) is 0 Å². The second kappa shape index (κ2) is 5.65. The van der Waals surface area contributed by atoms with E-state index in [2.05, 4.69) is 15.4 Å². The molecule has 2 heterocycles. The van der Waals surface area contributed by atoms with Gasteiger partial charge in [-0.15, -0.1) is 0 Å². The lowest BCUT2D eigenvalue weighted by Gasteiger charge is -2.13. The highest BCUT2D eigenvalue weighted by Crippen LogP contribution is 2.15. The van der Waals surface area contributed by atoms with E-state index in [9.17, 15) is 4.79 Å². The van der Waals surface area contributed by atoms with Crippen molar-refractivity contribution in [1.29, 1.82) is 0 Å². The molecular weight excluding hydrogens is 240 g/mol. The standard InChI is InChI=1S/C14H18N4O/c1-10-8-11(2)18(17-10)12(3)9-14(19)16-13-6-4-5-7-15-13/h4-8,12H,9H2,1-3H3,(H,15,16,19)/t12-/m0/s1. The summed E-state index contributed by atoms with van der Waals surface area (Å²) < 4.78 is 1.88. The van der Waals surface area contributed by atoms with Crippen LogP contribution < -0.4 is 5.32 Å². The second-order valence-electron chi connectivity index (χ2n) is 4.69. The van der Waals surface area contributed by atoms with Crippen LogP contribution in [0.1, 0.15) is 30.8 Å². The molecule has 0 saturated heterocycles. The number of nitrogens with one attached hydrogen (secondary N) is 1. The van der Waals surface area contributed by atoms with Crippen LogP contribution in [-0.4, -0.2) is 20.7 Å². The molecule has 0 radical (unpaired) electrons. The van der Waals surface area contributed by atoms with Crippen LogP contribution in [0.5, 0.6) is 0 Å². The average Bonchev–Trinajstić information content (AvgIpc) is 2.69. The van der Waals surface area contributed by atoms with Crippen LogP contribution in [0.15, 0.2) is 30.5 Å². The van der Waals surface area contributed by atoms with Gasteiger partial charge in [0, 0.05) is 18.3 Å². The fourth-order valence-corrected chi connectivity index (χ4v) is 2.08. The number of nitrogens with zero attached hydrogens (tertiary/aromatic N) is 3. The lowest BCUT2D eigenvalue weighted by molar-refractivity contribution is -0.116. The van der Waals surface area contributed by atoms with Crippen molar-refractivity contribution in [1.82, 2.24) is 14.8 Å². The minimum absolute atomic E-state index is 0.0254. The third-order valence-corrected chi connectivity index (χ3v) is 2.88. The molecule has 100 valence electrons. The van der Waals surface area contributed by atoms with Crippen LogP contribution in [0.2, 0.25) is 0 Å². The SMILES string of the molecule is Cc1cc(C)n([C@@H](C)CC(=O)Nc2ccccn2)n1. The normalized spacial score (nSPS) is 12.2. The summed E-state index contributed by atoms with van der Waals surface area (Å²) in [5, 5.41) is 7.17. The Morgan fingerprint density at radius 3 is 2.79 bits per heavy atom. The van der Waals surface area contributed by atoms with Crippen molar-refractivity contribution in [3.8, 4) is 0 Å². The van der Waals surface area contributed by atoms with Crippen molar-refractivity contribution in [2.45, 2.75) is 33.2 Å². The third-order valence-electron chi connectivity index (χ3n) is 2.88. The molecule has 0 unspecified atom stereocenters. The van der Waals surface area contributed by atoms with Gasteiger partial charge in [-0.05, 0) is 39.0 Å². The van der Waals surface area contributed by atoms with Gasteiger partial charge in [-0.3, -0.25) is 9.48 Å². The minimum Gasteiger partial charge on any atom is -0.311 e. The van der Waals surface area contributed by atoms with E-state index in [4.69, 9.17) is 0 Å². The van der Waals surface area contributed by atoms with Crippen molar-refractivity contribution in [2.24, 2.45) is 0 Å². The summed E-state index contributed by atoms with van der Waals surface area (Å²) in [4.78, 5) is 16.0. The smallest absolute Gasteiger partial charge is 0.227 e. The molecule has 0 saturated carbocycles. The van der Waals surface area contributed by atoms with Gasteiger partial charge in [-0.1, -0.05) is 6.07 Å². The van der Waals surface area contributed by atoms with Gasteiger partial charge in [-0.25, -0.2) is 4.98 Å². The Kier molecular flexibility index (Phi) is 3.94. The van der Waals surface area contributed by atoms with Crippen LogP contribution in [0.4, 0.5) is 5.82 Å². The molecule has 2 aromatic rings. The van der Waals surface area contributed by atoms with Gasteiger partial charge in [0.15, 0.2) is 0 Å². The lowest BCUT2D eigenvalue weighted by atomic mass is 10.2. The molecule has 19 heavy (non-hydrogen) atoms. The molecule has 5 heteroatoms. The first-order valence-electron chi connectivity index (χ1n) is 6.30. The second-order valence-corrected chi connectivity index (χ2v) is 4.69. The third kappa shape index (κ3) is 3.40. The highest BCUT2D eigenvalue weighted by molar-refractivity contribution is 5.89. The number of aromatic nitrogens is 3. The summed E-state index contributed by atoms with van der Waals surface area (Å²) in [6.45, 7) is 5.93. The molecular formula is C14H18N4O. The minimum atomic E-state index is -0.0567. The molecule has 1 atom stereocenters. The van der Waals surface area contributed by atoms with Crippen molar-refractivity contribution in [3.63, 3.8) is 0 Å². The number of anilines is 1. The molecule has 5 nitrogen and oxygen atoms in total. The van der Waals surface area contributed by atoms with Gasteiger partial charge >= 0.3 is 0 Å². The van der Waals surface area contributed by atoms with Gasteiger partial charge in [0.05, 0.1) is 11.7 Å². The van der Waals surface area contributed by atoms with Crippen molar-refractivity contribution < 1.29 is 4.79 Å². The Labute approximate surface area is 112 Å². The van der Waals surface area contributed by atoms with Crippen LogP contribution in [-0.2, 0) is 4.79 Å². The van der Waals surface area contributed by atoms with E-state index in [1.807, 2.05) is 43.7 Å². The zero-order valence-corrected chi connectivity index (χ0v) is 11.4. The monoisotopic (exact) mass is 258 g/mol. The number of aryl methyl sites for hydroxylation is 2. The summed E-state index contributed by atoms with van der Waals surface area (Å²) in [6.07, 6.45) is 2.03. The molecule has 1 N–H and O–H groups in total. The van der Waals surface area contributed by atoms with E-state index in [1.165, 1.54) is 0 Å². The van der Waals surface area contributed by atoms with Gasteiger partial charge < -0.3 is 5.32 Å². The van der Waals surface area contributed by atoms with Crippen LogP contribution >= 0.6 is 0 Å². The molecule has 2 rings (SSSR count). The zero-order valence-electron chi connectivity index (χ0n) is 11.4. The molecule has 0 aliphatic rings. The number of rotatable bonds is 4. The predicted octanol–water partition coefficient (Wildman–Crippen LogP) is 2.48. The predicted molar refractivity (Wildman–Crippen MR) is 73.9 cm³/mol. The highest BCUT2D eigenvalue weighted by Gasteiger charge is 2.14. The summed E-state index contributed by atoms with van der Waals surface area (Å²) >= 11 is 0. The number of pyridine rings is 1. The highest BCUT2D eigenvalue weighted by atomic mass is 16.1. The molecule has 1 amide bonds. The van der Waals surface area contributed by atoms with E-state index in [-0.39, 0.29) is 11.9 Å². The molecule has 0 spiro atoms. The van der Waals surface area contributed by atoms with Crippen molar-refractivity contribution in [3.05, 3.63) is 41.9 Å². The summed E-state index contributed by atoms with van der Waals surface area (Å²) in [7, 11) is 0. The summed E-state index contributed by atoms with van der Waals surface area (Å²) in [6, 6.07) is 7.46. The zero-order chi connectivity index (χ0) is 13.8. The van der Waals surface area contributed by atoms with E-state index < -0.39 is 0 Å². The molecule has 2 aromatic heterocycles. The van der Waals surface area contributed by atoms with Gasteiger partial charge in [0.25, 0.3) is 0 Å². The van der Waals surface area contributed by atoms with Gasteiger partial charge in [0.1, 0.15) is 5.82 Å². The largest absolute Gasteiger partial charge is 0.311 e. The summed E-state index contributed by atoms with van der Waals surface area (Å²) in [5.74, 6) is 0.520. The Morgan fingerprint density at radius 2 is 2.21 bits per heavy atom. The molecule has 0 aromatic carbocycles. The molecule has 0 bridgehead atoms. The van der Waals surface area contributed by atoms with E-state index in [0.717, 1.165) is 11.4 Å².